The van der Waals surface area contributed by atoms with E-state index in [4.69, 9.17) is 4.52 Å². The van der Waals surface area contributed by atoms with Gasteiger partial charge in [0.2, 0.25) is 21.7 Å². The number of piperazine rings is 1. The maximum atomic E-state index is 11.8. The number of aromatic nitrogens is 2. The van der Waals surface area contributed by atoms with Crippen molar-refractivity contribution in [2.24, 2.45) is 0 Å². The number of sulfonamides is 1. The average Bonchev–Trinajstić information content (AvgIpc) is 3.11. The molecule has 8 nitrogen and oxygen atoms in total. The van der Waals surface area contributed by atoms with Gasteiger partial charge in [-0.3, -0.25) is 4.90 Å². The van der Waals surface area contributed by atoms with E-state index >= 15 is 0 Å². The highest BCUT2D eigenvalue weighted by Crippen LogP contribution is 2.20. The van der Waals surface area contributed by atoms with Crippen LogP contribution in [0, 0.1) is 6.92 Å². The van der Waals surface area contributed by atoms with E-state index in [0.717, 1.165) is 43.9 Å². The van der Waals surface area contributed by atoms with Gasteiger partial charge in [-0.1, -0.05) is 29.4 Å². The minimum atomic E-state index is -3.11. The van der Waals surface area contributed by atoms with Gasteiger partial charge in [0, 0.05) is 45.8 Å². The summed E-state index contributed by atoms with van der Waals surface area (Å²) in [4.78, 5) is 9.15. The average molecular weight is 408 g/mol. The van der Waals surface area contributed by atoms with E-state index in [0.29, 0.717) is 24.7 Å². The first-order chi connectivity index (χ1) is 13.3. The van der Waals surface area contributed by atoms with Gasteiger partial charge in [0.15, 0.2) is 0 Å². The number of hydrogen-bond donors (Lipinski definition) is 0. The fraction of sp³-hybridized carbons (Fsp3) is 0.579. The van der Waals surface area contributed by atoms with Gasteiger partial charge in [-0.05, 0) is 25.5 Å². The first-order valence-corrected chi connectivity index (χ1v) is 11.2. The van der Waals surface area contributed by atoms with Crippen LogP contribution in [0.15, 0.2) is 28.8 Å². The van der Waals surface area contributed by atoms with Crippen LogP contribution < -0.4 is 0 Å². The first kappa shape index (κ1) is 20.9. The molecule has 9 heteroatoms. The number of rotatable bonds is 8. The molecule has 2 aromatic rings. The van der Waals surface area contributed by atoms with Crippen molar-refractivity contribution in [1.82, 2.24) is 24.2 Å². The predicted molar refractivity (Wildman–Crippen MR) is 108 cm³/mol. The molecule has 3 rings (SSSR count). The first-order valence-electron chi connectivity index (χ1n) is 9.58. The Hall–Kier alpha value is -1.81. The molecule has 0 amide bonds. The highest BCUT2D eigenvalue weighted by molar-refractivity contribution is 7.89. The lowest BCUT2D eigenvalue weighted by molar-refractivity contribution is 0.117. The highest BCUT2D eigenvalue weighted by atomic mass is 32.2. The van der Waals surface area contributed by atoms with Crippen LogP contribution in [-0.2, 0) is 16.6 Å². The number of hydrogen-bond acceptors (Lipinski definition) is 7. The number of nitrogens with zero attached hydrogens (tertiary/aromatic N) is 5. The number of aryl methyl sites for hydroxylation is 1. The lowest BCUT2D eigenvalue weighted by Gasteiger charge is -2.33. The molecule has 0 bridgehead atoms. The summed E-state index contributed by atoms with van der Waals surface area (Å²) in [5, 5.41) is 4.12. The molecule has 2 heterocycles. The molecule has 154 valence electrons. The Morgan fingerprint density at radius 1 is 1.11 bits per heavy atom. The molecule has 0 saturated carbocycles. The van der Waals surface area contributed by atoms with Crippen molar-refractivity contribution in [3.63, 3.8) is 0 Å². The van der Waals surface area contributed by atoms with Crippen molar-refractivity contribution in [2.75, 3.05) is 52.6 Å². The summed E-state index contributed by atoms with van der Waals surface area (Å²) < 4.78 is 30.4. The van der Waals surface area contributed by atoms with Crippen molar-refractivity contribution < 1.29 is 12.9 Å². The largest absolute Gasteiger partial charge is 0.338 e. The molecule has 1 aromatic heterocycles. The van der Waals surface area contributed by atoms with E-state index in [9.17, 15) is 8.42 Å². The molecule has 1 fully saturated rings. The lowest BCUT2D eigenvalue weighted by Crippen LogP contribution is -2.46. The Labute approximate surface area is 167 Å². The molecule has 0 radical (unpaired) electrons. The minimum Gasteiger partial charge on any atom is -0.338 e. The van der Waals surface area contributed by atoms with Gasteiger partial charge < -0.3 is 9.42 Å². The summed E-state index contributed by atoms with van der Waals surface area (Å²) in [6, 6.07) is 8.00. The number of benzene rings is 1. The standard InChI is InChI=1S/C19H29N5O3S/c1-16-7-4-5-8-17(16)19-20-18(27-21-19)15-24-12-10-23(11-13-24)9-6-14-28(25,26)22(2)3/h4-5,7-8H,6,9-15H2,1-3H3. The Balaban J connectivity index is 1.44. The van der Waals surface area contributed by atoms with Crippen molar-refractivity contribution in [2.45, 2.75) is 19.9 Å². The van der Waals surface area contributed by atoms with Crippen molar-refractivity contribution in [3.05, 3.63) is 35.7 Å². The van der Waals surface area contributed by atoms with Crippen LogP contribution in [-0.4, -0.2) is 85.2 Å². The Morgan fingerprint density at radius 2 is 1.79 bits per heavy atom. The molecule has 0 aliphatic carbocycles. The van der Waals surface area contributed by atoms with Gasteiger partial charge in [-0.15, -0.1) is 0 Å². The van der Waals surface area contributed by atoms with Crippen LogP contribution >= 0.6 is 0 Å². The van der Waals surface area contributed by atoms with E-state index < -0.39 is 10.0 Å². The van der Waals surface area contributed by atoms with E-state index in [1.165, 1.54) is 4.31 Å². The molecule has 0 atom stereocenters. The van der Waals surface area contributed by atoms with Crippen LogP contribution in [0.25, 0.3) is 11.4 Å². The summed E-state index contributed by atoms with van der Waals surface area (Å²) in [7, 11) is 0.0535. The summed E-state index contributed by atoms with van der Waals surface area (Å²) in [6.07, 6.45) is 0.657. The Morgan fingerprint density at radius 3 is 2.46 bits per heavy atom. The van der Waals surface area contributed by atoms with Crippen molar-refractivity contribution >= 4 is 10.0 Å². The molecule has 1 saturated heterocycles. The Bertz CT molecular complexity index is 873. The smallest absolute Gasteiger partial charge is 0.241 e. The van der Waals surface area contributed by atoms with Crippen LogP contribution in [0.2, 0.25) is 0 Å². The molecular formula is C19H29N5O3S. The topological polar surface area (TPSA) is 82.8 Å². The molecule has 0 unspecified atom stereocenters. The van der Waals surface area contributed by atoms with E-state index in [1.54, 1.807) is 14.1 Å². The molecule has 1 aliphatic rings. The van der Waals surface area contributed by atoms with E-state index in [-0.39, 0.29) is 5.75 Å². The third-order valence-electron chi connectivity index (χ3n) is 5.11. The highest BCUT2D eigenvalue weighted by Gasteiger charge is 2.20. The molecule has 0 spiro atoms. The van der Waals surface area contributed by atoms with Crippen molar-refractivity contribution in [3.8, 4) is 11.4 Å². The summed E-state index contributed by atoms with van der Waals surface area (Å²) >= 11 is 0. The summed E-state index contributed by atoms with van der Waals surface area (Å²) in [6.45, 7) is 7.13. The van der Waals surface area contributed by atoms with E-state index in [2.05, 4.69) is 19.9 Å². The lowest BCUT2D eigenvalue weighted by atomic mass is 10.1. The molecule has 1 aliphatic heterocycles. The van der Waals surface area contributed by atoms with Gasteiger partial charge >= 0.3 is 0 Å². The maximum Gasteiger partial charge on any atom is 0.241 e. The van der Waals surface area contributed by atoms with Gasteiger partial charge in [-0.2, -0.15) is 4.98 Å². The van der Waals surface area contributed by atoms with Crippen LogP contribution in [0.4, 0.5) is 0 Å². The van der Waals surface area contributed by atoms with Crippen molar-refractivity contribution in [1.29, 1.82) is 0 Å². The van der Waals surface area contributed by atoms with Crippen LogP contribution in [0.5, 0.6) is 0 Å². The van der Waals surface area contributed by atoms with Crippen LogP contribution in [0.3, 0.4) is 0 Å². The summed E-state index contributed by atoms with van der Waals surface area (Å²) in [5.74, 6) is 1.46. The molecular weight excluding hydrogens is 378 g/mol. The second-order valence-corrected chi connectivity index (χ2v) is 9.70. The van der Waals surface area contributed by atoms with E-state index in [1.807, 2.05) is 31.2 Å². The molecule has 1 aromatic carbocycles. The SMILES string of the molecule is Cc1ccccc1-c1noc(CN2CCN(CCCS(=O)(=O)N(C)C)CC2)n1. The zero-order valence-corrected chi connectivity index (χ0v) is 17.7. The summed E-state index contributed by atoms with van der Waals surface area (Å²) in [5.41, 5.74) is 2.12. The second kappa shape index (κ2) is 9.13. The maximum absolute atomic E-state index is 11.8. The minimum absolute atomic E-state index is 0.198. The Kier molecular flexibility index (Phi) is 6.82. The van der Waals surface area contributed by atoms with Gasteiger partial charge in [0.05, 0.1) is 12.3 Å². The normalized spacial score (nSPS) is 16.7. The van der Waals surface area contributed by atoms with Gasteiger partial charge in [0.25, 0.3) is 0 Å². The van der Waals surface area contributed by atoms with Crippen LogP contribution in [0.1, 0.15) is 17.9 Å². The second-order valence-electron chi connectivity index (χ2n) is 7.40. The van der Waals surface area contributed by atoms with Gasteiger partial charge in [-0.25, -0.2) is 12.7 Å². The third-order valence-corrected chi connectivity index (χ3v) is 7.03. The monoisotopic (exact) mass is 407 g/mol. The fourth-order valence-corrected chi connectivity index (χ4v) is 4.13. The molecule has 28 heavy (non-hydrogen) atoms. The predicted octanol–water partition coefficient (Wildman–Crippen LogP) is 1.44. The fourth-order valence-electron chi connectivity index (χ4n) is 3.27. The zero-order chi connectivity index (χ0) is 20.1. The third kappa shape index (κ3) is 5.38. The van der Waals surface area contributed by atoms with Gasteiger partial charge in [0.1, 0.15) is 0 Å². The quantitative estimate of drug-likeness (QED) is 0.655. The molecule has 0 N–H and O–H groups in total. The zero-order valence-electron chi connectivity index (χ0n) is 16.8.